The molecule has 4 nitrogen and oxygen atoms in total. The fourth-order valence-electron chi connectivity index (χ4n) is 1.65. The van der Waals surface area contributed by atoms with Gasteiger partial charge < -0.3 is 14.2 Å². The number of esters is 1. The second-order valence-electron chi connectivity index (χ2n) is 3.09. The fourth-order valence-corrected chi connectivity index (χ4v) is 1.65. The van der Waals surface area contributed by atoms with Gasteiger partial charge in [0.05, 0.1) is 5.56 Å². The van der Waals surface area contributed by atoms with Crippen molar-refractivity contribution in [2.24, 2.45) is 0 Å². The number of carbonyl (C=O) groups is 1. The number of fused-ring (bicyclic) bond motifs is 3. The van der Waals surface area contributed by atoms with Gasteiger partial charge in [-0.05, 0) is 18.7 Å². The number of benzene rings is 1. The van der Waals surface area contributed by atoms with Crippen molar-refractivity contribution in [3.05, 3.63) is 29.9 Å². The van der Waals surface area contributed by atoms with Crippen LogP contribution >= 0.6 is 0 Å². The maximum atomic E-state index is 11.2. The zero-order chi connectivity index (χ0) is 9.54. The second kappa shape index (κ2) is 4.10. The average Bonchev–Trinajstić information content (AvgIpc) is 2.61. The van der Waals surface area contributed by atoms with E-state index in [9.17, 15) is 4.79 Å². The molecule has 0 bridgehead atoms. The summed E-state index contributed by atoms with van der Waals surface area (Å²) < 4.78 is 15.6. The summed E-state index contributed by atoms with van der Waals surface area (Å²) in [6.07, 6.45) is 0. The standard InChI is InChI=1S/C10H7O4.Y/c11-10-6-1-2-8-9(7(6)5-14-10)13-4-3-12-8;/h1-3H,4-5H2;/q-1;. The van der Waals surface area contributed by atoms with Crippen molar-refractivity contribution in [3.8, 4) is 11.5 Å². The van der Waals surface area contributed by atoms with E-state index < -0.39 is 0 Å². The molecule has 0 atom stereocenters. The first-order valence-electron chi connectivity index (χ1n) is 4.30. The Bertz CT molecular complexity index is 416. The van der Waals surface area contributed by atoms with E-state index in [1.165, 1.54) is 0 Å². The van der Waals surface area contributed by atoms with Crippen LogP contribution in [0, 0.1) is 6.61 Å². The first-order valence-corrected chi connectivity index (χ1v) is 4.30. The third-order valence-corrected chi connectivity index (χ3v) is 2.30. The molecular formula is C10H7O4Y-. The van der Waals surface area contributed by atoms with Crippen LogP contribution in [0.5, 0.6) is 11.5 Å². The van der Waals surface area contributed by atoms with Gasteiger partial charge in [0.2, 0.25) is 0 Å². The van der Waals surface area contributed by atoms with Gasteiger partial charge in [-0.3, -0.25) is 0 Å². The van der Waals surface area contributed by atoms with E-state index in [0.717, 1.165) is 5.56 Å². The molecule has 1 radical (unpaired) electrons. The van der Waals surface area contributed by atoms with Crippen molar-refractivity contribution >= 4 is 5.97 Å². The maximum absolute atomic E-state index is 11.2. The van der Waals surface area contributed by atoms with Crippen LogP contribution in [-0.4, -0.2) is 12.6 Å². The number of rotatable bonds is 0. The first kappa shape index (κ1) is 10.9. The molecule has 0 saturated carbocycles. The third kappa shape index (κ3) is 1.66. The largest absolute Gasteiger partial charge is 0.657 e. The van der Waals surface area contributed by atoms with Crippen LogP contribution in [0.15, 0.2) is 12.1 Å². The van der Waals surface area contributed by atoms with Gasteiger partial charge in [-0.25, -0.2) is 4.79 Å². The Morgan fingerprint density at radius 2 is 2.13 bits per heavy atom. The number of cyclic esters (lactones) is 1. The van der Waals surface area contributed by atoms with E-state index in [2.05, 4.69) is 0 Å². The number of hydrogen-bond acceptors (Lipinski definition) is 4. The summed E-state index contributed by atoms with van der Waals surface area (Å²) in [6.45, 7) is 2.25. The Labute approximate surface area is 112 Å². The van der Waals surface area contributed by atoms with Gasteiger partial charge in [0, 0.05) is 38.3 Å². The van der Waals surface area contributed by atoms with E-state index in [4.69, 9.17) is 14.2 Å². The summed E-state index contributed by atoms with van der Waals surface area (Å²) in [6, 6.07) is 3.42. The Hall–Kier alpha value is -0.606. The quantitative estimate of drug-likeness (QED) is 0.530. The SMILES string of the molecule is O=C1OCc2c1ccc1c2OC[CH-]O1.[Y]. The molecule has 0 amide bonds. The zero-order valence-corrected chi connectivity index (χ0v) is 10.7. The topological polar surface area (TPSA) is 44.8 Å². The van der Waals surface area contributed by atoms with Gasteiger partial charge in [0.15, 0.2) is 5.75 Å². The summed E-state index contributed by atoms with van der Waals surface area (Å²) in [5.74, 6) is 0.991. The molecule has 1 aromatic carbocycles. The van der Waals surface area contributed by atoms with Crippen molar-refractivity contribution in [2.75, 3.05) is 6.61 Å². The van der Waals surface area contributed by atoms with Crippen LogP contribution in [0.1, 0.15) is 15.9 Å². The van der Waals surface area contributed by atoms with Gasteiger partial charge in [-0.15, -0.1) is 6.61 Å². The molecule has 3 rings (SSSR count). The molecule has 0 saturated heterocycles. The number of ether oxygens (including phenoxy) is 3. The molecule has 0 fully saturated rings. The van der Waals surface area contributed by atoms with E-state index >= 15 is 0 Å². The summed E-state index contributed by atoms with van der Waals surface area (Å²) in [5, 5.41) is 0. The van der Waals surface area contributed by atoms with E-state index in [-0.39, 0.29) is 45.3 Å². The van der Waals surface area contributed by atoms with Crippen molar-refractivity contribution in [1.29, 1.82) is 0 Å². The molecule has 2 aliphatic heterocycles. The molecule has 1 aromatic rings. The minimum atomic E-state index is -0.291. The minimum absolute atomic E-state index is 0. The van der Waals surface area contributed by atoms with Crippen molar-refractivity contribution in [2.45, 2.75) is 6.61 Å². The molecule has 5 heteroatoms. The predicted molar refractivity (Wildman–Crippen MR) is 46.0 cm³/mol. The molecule has 0 N–H and O–H groups in total. The summed E-state index contributed by atoms with van der Waals surface area (Å²) in [5.41, 5.74) is 1.37. The van der Waals surface area contributed by atoms with Gasteiger partial charge in [0.1, 0.15) is 12.4 Å². The van der Waals surface area contributed by atoms with Crippen LogP contribution in [0.25, 0.3) is 0 Å². The Kier molecular flexibility index (Phi) is 2.98. The normalized spacial score (nSPS) is 16.4. The number of carbonyl (C=O) groups excluding carboxylic acids is 1. The molecule has 2 aliphatic rings. The van der Waals surface area contributed by atoms with Gasteiger partial charge in [-0.1, -0.05) is 0 Å². The minimum Gasteiger partial charge on any atom is -0.657 e. The second-order valence-corrected chi connectivity index (χ2v) is 3.09. The smallest absolute Gasteiger partial charge is 0.339 e. The molecule has 0 unspecified atom stereocenters. The monoisotopic (exact) mass is 280 g/mol. The maximum Gasteiger partial charge on any atom is 0.339 e. The zero-order valence-electron chi connectivity index (χ0n) is 7.86. The first-order chi connectivity index (χ1) is 6.86. The van der Waals surface area contributed by atoms with Crippen LogP contribution in [0.4, 0.5) is 0 Å². The Balaban J connectivity index is 0.000000853. The molecule has 0 aromatic heterocycles. The van der Waals surface area contributed by atoms with Gasteiger partial charge in [0.25, 0.3) is 0 Å². The molecule has 0 aliphatic carbocycles. The third-order valence-electron chi connectivity index (χ3n) is 2.30. The Morgan fingerprint density at radius 3 is 3.00 bits per heavy atom. The van der Waals surface area contributed by atoms with Crippen LogP contribution < -0.4 is 9.47 Å². The molecule has 0 spiro atoms. The predicted octanol–water partition coefficient (Wildman–Crippen LogP) is 1.29. The molecule has 2 heterocycles. The Morgan fingerprint density at radius 1 is 1.27 bits per heavy atom. The molecule has 75 valence electrons. The van der Waals surface area contributed by atoms with E-state index in [1.54, 1.807) is 18.7 Å². The van der Waals surface area contributed by atoms with Crippen LogP contribution in [-0.2, 0) is 44.1 Å². The summed E-state index contributed by atoms with van der Waals surface area (Å²) in [4.78, 5) is 11.2. The van der Waals surface area contributed by atoms with Crippen molar-refractivity contribution in [1.82, 2.24) is 0 Å². The fraction of sp³-hybridized carbons (Fsp3) is 0.200. The van der Waals surface area contributed by atoms with Crippen molar-refractivity contribution < 1.29 is 51.7 Å². The average molecular weight is 280 g/mol. The van der Waals surface area contributed by atoms with Crippen LogP contribution in [0.3, 0.4) is 0 Å². The van der Waals surface area contributed by atoms with E-state index in [0.29, 0.717) is 23.7 Å². The van der Waals surface area contributed by atoms with Crippen LogP contribution in [0.2, 0.25) is 0 Å². The summed E-state index contributed by atoms with van der Waals surface area (Å²) in [7, 11) is 0. The summed E-state index contributed by atoms with van der Waals surface area (Å²) >= 11 is 0. The van der Waals surface area contributed by atoms with E-state index in [1.807, 2.05) is 0 Å². The number of hydrogen-bond donors (Lipinski definition) is 0. The molecule has 15 heavy (non-hydrogen) atoms. The van der Waals surface area contributed by atoms with Crippen molar-refractivity contribution in [3.63, 3.8) is 0 Å². The van der Waals surface area contributed by atoms with Gasteiger partial charge in [-0.2, -0.15) is 0 Å². The van der Waals surface area contributed by atoms with Gasteiger partial charge >= 0.3 is 5.97 Å². The molecular weight excluding hydrogens is 273 g/mol.